The first kappa shape index (κ1) is 63.3. The Morgan fingerprint density at radius 1 is 0.846 bits per heavy atom. The summed E-state index contributed by atoms with van der Waals surface area (Å²) in [4.78, 5) is 82.1. The van der Waals surface area contributed by atoms with Gasteiger partial charge in [-0.3, -0.25) is 44.4 Å². The number of unbranched alkanes of at least 4 members (excludes halogenated alkanes) is 2. The number of hydrogen-bond donors (Lipinski definition) is 4. The molecule has 1 saturated carbocycles. The largest absolute Gasteiger partial charge is 0.493 e. The molecule has 4 amide bonds. The Labute approximate surface area is 536 Å². The maximum absolute atomic E-state index is 14.2. The minimum Gasteiger partial charge on any atom is -0.493 e. The molecule has 21 nitrogen and oxygen atoms in total. The highest BCUT2D eigenvalue weighted by molar-refractivity contribution is 7.90. The van der Waals surface area contributed by atoms with Crippen molar-refractivity contribution in [3.63, 3.8) is 0 Å². The van der Waals surface area contributed by atoms with Crippen molar-refractivity contribution in [1.82, 2.24) is 39.6 Å². The normalized spacial score (nSPS) is 21.0. The number of fused-ring (bicyclic) bond motifs is 2. The van der Waals surface area contributed by atoms with E-state index in [1.165, 1.54) is 35.0 Å². The lowest BCUT2D eigenvalue weighted by molar-refractivity contribution is -0.384. The second-order valence-electron chi connectivity index (χ2n) is 26.0. The van der Waals surface area contributed by atoms with Crippen LogP contribution in [-0.2, 0) is 26.2 Å². The Morgan fingerprint density at radius 2 is 1.63 bits per heavy atom. The molecule has 6 aromatic rings. The van der Waals surface area contributed by atoms with E-state index in [4.69, 9.17) is 21.1 Å². The van der Waals surface area contributed by atoms with Gasteiger partial charge in [-0.1, -0.05) is 49.2 Å². The number of nitro benzene ring substituents is 1. The first-order chi connectivity index (χ1) is 43.9. The van der Waals surface area contributed by atoms with Crippen molar-refractivity contribution in [1.29, 1.82) is 0 Å². The van der Waals surface area contributed by atoms with Crippen molar-refractivity contribution in [3.05, 3.63) is 146 Å². The number of halogens is 1. The number of allylic oxidation sites excluding steroid dienone is 1. The molecular formula is C68H80ClN11O10S. The van der Waals surface area contributed by atoms with Crippen molar-refractivity contribution >= 4 is 78.9 Å². The molecule has 3 saturated heterocycles. The van der Waals surface area contributed by atoms with Gasteiger partial charge in [-0.25, -0.2) is 18.1 Å². The zero-order valence-electron chi connectivity index (χ0n) is 51.7. The third-order valence-electron chi connectivity index (χ3n) is 19.3. The van der Waals surface area contributed by atoms with Gasteiger partial charge in [0.05, 0.1) is 34.7 Å². The minimum atomic E-state index is -4.62. The Kier molecular flexibility index (Phi) is 19.1. The number of anilines is 2. The number of nitro groups is 1. The van der Waals surface area contributed by atoms with Crippen molar-refractivity contribution in [2.75, 3.05) is 88.8 Å². The van der Waals surface area contributed by atoms with Crippen LogP contribution in [0.15, 0.2) is 114 Å². The van der Waals surface area contributed by atoms with Crippen LogP contribution >= 0.6 is 11.6 Å². The molecular weight excluding hydrogens is 1200 g/mol. The zero-order valence-corrected chi connectivity index (χ0v) is 53.3. The summed E-state index contributed by atoms with van der Waals surface area (Å²) in [5, 5.41) is 19.7. The standard InChI is InChI=1S/C68H80ClN11O10S/c1-68(2)25-23-48(56(40-68)46-11-13-49(69)14-12-46)43-76-30-34-78(35-31-76)51-17-19-55(62(38-51)90-52-37-47-24-26-70-64(47)72-42-52)65(82)74-91(87,88)53-18-20-58(60(39-53)80(85)86)71-41-45-9-15-50(16-10-45)77-32-28-75(29-33-77)27-4-3-5-36-89-61-8-6-7-54-57(61)44-79(67(54)84)59-21-22-63(81)73-66(59)83/h6-8,11-14,17-20,24,26,37-39,42,45,50,59,71H,3-5,9-10,15-16,21-23,25,27-36,40-41,43-44H2,1-2H3,(H,70,72)(H,74,82)(H,73,81,83)/t45-,50-,59?. The number of amides is 4. The van der Waals surface area contributed by atoms with Gasteiger partial charge < -0.3 is 34.5 Å². The first-order valence-corrected chi connectivity index (χ1v) is 33.9. The second-order valence-corrected chi connectivity index (χ2v) is 28.1. The number of sulfonamides is 1. The summed E-state index contributed by atoms with van der Waals surface area (Å²) < 4.78 is 42.8. The minimum absolute atomic E-state index is 0.0446. The molecule has 91 heavy (non-hydrogen) atoms. The van der Waals surface area contributed by atoms with Crippen LogP contribution in [0, 0.1) is 21.4 Å². The molecule has 23 heteroatoms. The van der Waals surface area contributed by atoms with Gasteiger partial charge in [0.25, 0.3) is 27.5 Å². The van der Waals surface area contributed by atoms with E-state index >= 15 is 0 Å². The van der Waals surface area contributed by atoms with Gasteiger partial charge in [0.15, 0.2) is 0 Å². The number of hydrogen-bond acceptors (Lipinski definition) is 16. The van der Waals surface area contributed by atoms with E-state index in [9.17, 15) is 37.7 Å². The number of H-pyrrole nitrogens is 1. The smallest absolute Gasteiger partial charge is 0.293 e. The van der Waals surface area contributed by atoms with Gasteiger partial charge in [0.2, 0.25) is 11.8 Å². The van der Waals surface area contributed by atoms with Crippen LogP contribution in [0.3, 0.4) is 0 Å². The molecule has 12 rings (SSSR count). The van der Waals surface area contributed by atoms with Crippen LogP contribution in [-0.4, -0.2) is 157 Å². The number of piperidine rings is 1. The molecule has 480 valence electrons. The number of ether oxygens (including phenoxy) is 2. The number of benzene rings is 4. The molecule has 0 radical (unpaired) electrons. The molecule has 1 atom stereocenters. The average molecular weight is 1280 g/mol. The van der Waals surface area contributed by atoms with E-state index in [-0.39, 0.29) is 53.1 Å². The summed E-state index contributed by atoms with van der Waals surface area (Å²) in [6.45, 7) is 14.9. The predicted molar refractivity (Wildman–Crippen MR) is 349 cm³/mol. The van der Waals surface area contributed by atoms with Gasteiger partial charge in [0.1, 0.15) is 34.6 Å². The van der Waals surface area contributed by atoms with E-state index in [1.54, 1.807) is 47.5 Å². The van der Waals surface area contributed by atoms with Crippen molar-refractivity contribution < 1.29 is 42.0 Å². The summed E-state index contributed by atoms with van der Waals surface area (Å²) >= 11 is 6.28. The lowest BCUT2D eigenvalue weighted by Crippen LogP contribution is -2.52. The molecule has 4 aromatic carbocycles. The number of imide groups is 1. The van der Waals surface area contributed by atoms with Crippen molar-refractivity contribution in [2.24, 2.45) is 11.3 Å². The summed E-state index contributed by atoms with van der Waals surface area (Å²) in [5.41, 5.74) is 6.83. The summed E-state index contributed by atoms with van der Waals surface area (Å²) in [6, 6.07) is 25.8. The van der Waals surface area contributed by atoms with E-state index in [1.807, 2.05) is 24.3 Å². The van der Waals surface area contributed by atoms with Gasteiger partial charge in [-0.2, -0.15) is 0 Å². The van der Waals surface area contributed by atoms with Crippen LogP contribution in [0.25, 0.3) is 16.6 Å². The fourth-order valence-corrected chi connectivity index (χ4v) is 15.1. The molecule has 4 aliphatic heterocycles. The third-order valence-corrected chi connectivity index (χ3v) is 20.9. The van der Waals surface area contributed by atoms with Crippen LogP contribution < -0.4 is 29.7 Å². The summed E-state index contributed by atoms with van der Waals surface area (Å²) in [5.74, 6) is -0.506. The second kappa shape index (κ2) is 27.5. The highest BCUT2D eigenvalue weighted by Crippen LogP contribution is 2.44. The highest BCUT2D eigenvalue weighted by Gasteiger charge is 2.41. The van der Waals surface area contributed by atoms with Gasteiger partial charge in [-0.15, -0.1) is 0 Å². The fraction of sp³-hybridized carbons (Fsp3) is 0.456. The molecule has 0 bridgehead atoms. The topological polar surface area (TPSA) is 245 Å². The number of aromatic nitrogens is 2. The summed E-state index contributed by atoms with van der Waals surface area (Å²) in [7, 11) is -4.62. The number of aromatic amines is 1. The molecule has 0 spiro atoms. The summed E-state index contributed by atoms with van der Waals surface area (Å²) in [6.07, 6.45) is 13.9. The number of carbonyl (C=O) groups is 4. The molecule has 4 fully saturated rings. The van der Waals surface area contributed by atoms with Crippen LogP contribution in [0.1, 0.15) is 123 Å². The Balaban J connectivity index is 0.603. The first-order valence-electron chi connectivity index (χ1n) is 32.0. The van der Waals surface area contributed by atoms with E-state index in [2.05, 4.69) is 70.9 Å². The van der Waals surface area contributed by atoms with Crippen LogP contribution in [0.4, 0.5) is 17.1 Å². The monoisotopic (exact) mass is 1280 g/mol. The van der Waals surface area contributed by atoms with E-state index < -0.39 is 43.4 Å². The number of nitrogens with zero attached hydrogens (tertiary/aromatic N) is 7. The van der Waals surface area contributed by atoms with E-state index in [0.717, 1.165) is 144 Å². The molecule has 6 heterocycles. The fourth-order valence-electron chi connectivity index (χ4n) is 14.0. The predicted octanol–water partition coefficient (Wildman–Crippen LogP) is 10.4. The zero-order chi connectivity index (χ0) is 63.4. The Morgan fingerprint density at radius 3 is 2.40 bits per heavy atom. The lowest BCUT2D eigenvalue weighted by atomic mass is 9.72. The Hall–Kier alpha value is -7.89. The number of piperazine rings is 2. The third kappa shape index (κ3) is 14.9. The number of nitrogens with one attached hydrogen (secondary N) is 4. The molecule has 6 aliphatic rings. The SMILES string of the molecule is CC1(C)CCC(CN2CCN(c3ccc(C(=O)NS(=O)(=O)c4ccc(NC[C@H]5CC[C@H](N6CCN(CCCCCOc7cccc8c7CN(C7CCC(=O)NC7=O)C8=O)CC6)CC5)c([N+](=O)[O-])c4)c(Oc4cnc5[nH]ccc5c4)c3)CC2)=C(c2ccc(Cl)cc2)C1. The molecule has 2 aromatic heterocycles. The van der Waals surface area contributed by atoms with Crippen molar-refractivity contribution in [2.45, 2.75) is 114 Å². The Bertz CT molecular complexity index is 3850. The van der Waals surface area contributed by atoms with Gasteiger partial charge in [-0.05, 0) is 160 Å². The number of pyridine rings is 1. The highest BCUT2D eigenvalue weighted by atomic mass is 35.5. The van der Waals surface area contributed by atoms with Gasteiger partial charge in [0, 0.05) is 123 Å². The molecule has 1 unspecified atom stereocenters. The number of rotatable bonds is 22. The lowest BCUT2D eigenvalue weighted by Gasteiger charge is -2.42. The van der Waals surface area contributed by atoms with Crippen LogP contribution in [0.2, 0.25) is 5.02 Å². The molecule has 2 aliphatic carbocycles. The molecule has 4 N–H and O–H groups in total. The average Bonchev–Trinajstić information content (AvgIpc) is 1.77. The maximum Gasteiger partial charge on any atom is 0.293 e. The number of carbonyl (C=O) groups excluding carboxylic acids is 4. The van der Waals surface area contributed by atoms with Crippen LogP contribution in [0.5, 0.6) is 17.2 Å². The van der Waals surface area contributed by atoms with Gasteiger partial charge >= 0.3 is 0 Å². The van der Waals surface area contributed by atoms with Crippen molar-refractivity contribution in [3.8, 4) is 17.2 Å². The quantitative estimate of drug-likeness (QED) is 0.0214. The maximum atomic E-state index is 14.2. The van der Waals surface area contributed by atoms with E-state index in [0.29, 0.717) is 61.4 Å².